The van der Waals surface area contributed by atoms with Crippen LogP contribution >= 0.6 is 0 Å². The Labute approximate surface area is 99.5 Å². The summed E-state index contributed by atoms with van der Waals surface area (Å²) in [5.74, 6) is -0.332. The van der Waals surface area contributed by atoms with E-state index in [0.29, 0.717) is 13.1 Å². The zero-order valence-electron chi connectivity index (χ0n) is 9.96. The van der Waals surface area contributed by atoms with E-state index in [-0.39, 0.29) is 12.1 Å². The molecule has 1 fully saturated rings. The topological polar surface area (TPSA) is 64.8 Å². The molecule has 0 saturated carbocycles. The molecule has 17 heavy (non-hydrogen) atoms. The number of rotatable bonds is 3. The standard InChI is InChI=1S/C11H16N2O4/c1-8-5-13(6-9-3-4-16-12-9)7-10(17-8)11(14)15-2/h3-4,8,10H,5-7H2,1-2H3/t8-,10-/m1/s1. The fourth-order valence-electron chi connectivity index (χ4n) is 1.98. The van der Waals surface area contributed by atoms with Crippen molar-refractivity contribution in [3.63, 3.8) is 0 Å². The van der Waals surface area contributed by atoms with Gasteiger partial charge in [-0.05, 0) is 6.92 Å². The lowest BCUT2D eigenvalue weighted by molar-refractivity contribution is -0.166. The van der Waals surface area contributed by atoms with Gasteiger partial charge in [0.25, 0.3) is 0 Å². The zero-order valence-corrected chi connectivity index (χ0v) is 9.96. The average Bonchev–Trinajstić information content (AvgIpc) is 2.80. The van der Waals surface area contributed by atoms with Gasteiger partial charge in [0, 0.05) is 25.7 Å². The molecule has 2 atom stereocenters. The minimum atomic E-state index is -0.518. The van der Waals surface area contributed by atoms with E-state index in [1.807, 2.05) is 13.0 Å². The number of ether oxygens (including phenoxy) is 2. The average molecular weight is 240 g/mol. The van der Waals surface area contributed by atoms with Crippen molar-refractivity contribution in [3.05, 3.63) is 18.0 Å². The van der Waals surface area contributed by atoms with Crippen molar-refractivity contribution in [2.75, 3.05) is 20.2 Å². The summed E-state index contributed by atoms with van der Waals surface area (Å²) in [7, 11) is 1.37. The Hall–Kier alpha value is -1.40. The van der Waals surface area contributed by atoms with Gasteiger partial charge in [0.15, 0.2) is 6.10 Å². The minimum absolute atomic E-state index is 0.000231. The largest absolute Gasteiger partial charge is 0.467 e. The first-order chi connectivity index (χ1) is 8.19. The zero-order chi connectivity index (χ0) is 12.3. The van der Waals surface area contributed by atoms with Crippen LogP contribution < -0.4 is 0 Å². The molecule has 6 heteroatoms. The first-order valence-electron chi connectivity index (χ1n) is 5.54. The molecule has 94 valence electrons. The normalized spacial score (nSPS) is 25.8. The first kappa shape index (κ1) is 12.1. The van der Waals surface area contributed by atoms with Gasteiger partial charge in [-0.1, -0.05) is 5.16 Å². The maximum atomic E-state index is 11.5. The van der Waals surface area contributed by atoms with E-state index in [9.17, 15) is 4.79 Å². The van der Waals surface area contributed by atoms with Crippen LogP contribution in [0.2, 0.25) is 0 Å². The molecule has 2 heterocycles. The van der Waals surface area contributed by atoms with Crippen LogP contribution in [-0.2, 0) is 20.8 Å². The van der Waals surface area contributed by atoms with E-state index in [1.165, 1.54) is 13.4 Å². The molecule has 2 rings (SSSR count). The van der Waals surface area contributed by atoms with Crippen LogP contribution in [0.1, 0.15) is 12.6 Å². The van der Waals surface area contributed by atoms with Gasteiger partial charge in [-0.25, -0.2) is 4.79 Å². The van der Waals surface area contributed by atoms with Gasteiger partial charge in [0.05, 0.1) is 18.9 Å². The Bertz CT molecular complexity index is 366. The summed E-state index contributed by atoms with van der Waals surface area (Å²) in [6.07, 6.45) is 1.02. The first-order valence-corrected chi connectivity index (χ1v) is 5.54. The second kappa shape index (κ2) is 5.29. The molecule has 0 unspecified atom stereocenters. The smallest absolute Gasteiger partial charge is 0.336 e. The number of hydrogen-bond donors (Lipinski definition) is 0. The highest BCUT2D eigenvalue weighted by Gasteiger charge is 2.31. The molecule has 0 aromatic carbocycles. The fourth-order valence-corrected chi connectivity index (χ4v) is 1.98. The molecule has 0 radical (unpaired) electrons. The maximum absolute atomic E-state index is 11.5. The van der Waals surface area contributed by atoms with Gasteiger partial charge >= 0.3 is 5.97 Å². The summed E-state index contributed by atoms with van der Waals surface area (Å²) in [5.41, 5.74) is 0.850. The third-order valence-electron chi connectivity index (χ3n) is 2.68. The second-order valence-corrected chi connectivity index (χ2v) is 4.14. The summed E-state index contributed by atoms with van der Waals surface area (Å²) in [6.45, 7) is 3.87. The molecule has 1 aliphatic heterocycles. The molecule has 1 aromatic rings. The van der Waals surface area contributed by atoms with Crippen LogP contribution in [0.3, 0.4) is 0 Å². The molecule has 1 saturated heterocycles. The molecule has 0 aliphatic carbocycles. The van der Waals surface area contributed by atoms with Crippen molar-refractivity contribution in [1.29, 1.82) is 0 Å². The fraction of sp³-hybridized carbons (Fsp3) is 0.636. The van der Waals surface area contributed by atoms with E-state index in [4.69, 9.17) is 14.0 Å². The number of aromatic nitrogens is 1. The van der Waals surface area contributed by atoms with Gasteiger partial charge in [-0.3, -0.25) is 4.90 Å². The lowest BCUT2D eigenvalue weighted by Crippen LogP contribution is -2.49. The second-order valence-electron chi connectivity index (χ2n) is 4.14. The Morgan fingerprint density at radius 1 is 1.65 bits per heavy atom. The van der Waals surface area contributed by atoms with Crippen molar-refractivity contribution in [2.24, 2.45) is 0 Å². The van der Waals surface area contributed by atoms with Crippen LogP contribution in [0.25, 0.3) is 0 Å². The molecule has 0 N–H and O–H groups in total. The van der Waals surface area contributed by atoms with Crippen LogP contribution in [0.15, 0.2) is 16.9 Å². The third-order valence-corrected chi connectivity index (χ3v) is 2.68. The summed E-state index contributed by atoms with van der Waals surface area (Å²) in [4.78, 5) is 13.6. The molecule has 0 spiro atoms. The maximum Gasteiger partial charge on any atom is 0.336 e. The monoisotopic (exact) mass is 240 g/mol. The van der Waals surface area contributed by atoms with E-state index < -0.39 is 6.10 Å². The lowest BCUT2D eigenvalue weighted by Gasteiger charge is -2.34. The van der Waals surface area contributed by atoms with Crippen molar-refractivity contribution in [1.82, 2.24) is 10.1 Å². The summed E-state index contributed by atoms with van der Waals surface area (Å²) < 4.78 is 15.0. The number of methoxy groups -OCH3 is 1. The van der Waals surface area contributed by atoms with E-state index in [1.54, 1.807) is 0 Å². The lowest BCUT2D eigenvalue weighted by atomic mass is 10.2. The Morgan fingerprint density at radius 2 is 2.47 bits per heavy atom. The van der Waals surface area contributed by atoms with Gasteiger partial charge in [-0.15, -0.1) is 0 Å². The van der Waals surface area contributed by atoms with Crippen molar-refractivity contribution >= 4 is 5.97 Å². The summed E-state index contributed by atoms with van der Waals surface area (Å²) >= 11 is 0. The molecular weight excluding hydrogens is 224 g/mol. The molecule has 0 amide bonds. The predicted molar refractivity (Wildman–Crippen MR) is 58.1 cm³/mol. The van der Waals surface area contributed by atoms with Crippen LogP contribution in [0.5, 0.6) is 0 Å². The molecule has 6 nitrogen and oxygen atoms in total. The highest BCUT2D eigenvalue weighted by Crippen LogP contribution is 2.14. The minimum Gasteiger partial charge on any atom is -0.467 e. The van der Waals surface area contributed by atoms with Crippen molar-refractivity contribution in [3.8, 4) is 0 Å². The van der Waals surface area contributed by atoms with Gasteiger partial charge in [0.2, 0.25) is 0 Å². The number of carbonyl (C=O) groups excluding carboxylic acids is 1. The Balaban J connectivity index is 1.96. The summed E-state index contributed by atoms with van der Waals surface area (Å²) in [6, 6.07) is 1.81. The summed E-state index contributed by atoms with van der Waals surface area (Å²) in [5, 5.41) is 3.85. The third kappa shape index (κ3) is 3.04. The van der Waals surface area contributed by atoms with Crippen LogP contribution in [-0.4, -0.2) is 48.4 Å². The quantitative estimate of drug-likeness (QED) is 0.714. The number of esters is 1. The molecule has 0 bridgehead atoms. The van der Waals surface area contributed by atoms with Gasteiger partial charge in [-0.2, -0.15) is 0 Å². The number of morpholine rings is 1. The van der Waals surface area contributed by atoms with E-state index in [0.717, 1.165) is 12.2 Å². The Kier molecular flexibility index (Phi) is 3.75. The van der Waals surface area contributed by atoms with Gasteiger partial charge in [0.1, 0.15) is 6.26 Å². The van der Waals surface area contributed by atoms with Gasteiger partial charge < -0.3 is 14.0 Å². The van der Waals surface area contributed by atoms with Crippen molar-refractivity contribution < 1.29 is 18.8 Å². The molecule has 1 aliphatic rings. The van der Waals surface area contributed by atoms with E-state index in [2.05, 4.69) is 10.1 Å². The van der Waals surface area contributed by atoms with Crippen LogP contribution in [0.4, 0.5) is 0 Å². The number of nitrogens with zero attached hydrogens (tertiary/aromatic N) is 2. The highest BCUT2D eigenvalue weighted by molar-refractivity contribution is 5.74. The highest BCUT2D eigenvalue weighted by atomic mass is 16.6. The number of hydrogen-bond acceptors (Lipinski definition) is 6. The number of carbonyl (C=O) groups is 1. The van der Waals surface area contributed by atoms with Crippen LogP contribution in [0, 0.1) is 0 Å². The van der Waals surface area contributed by atoms with Crippen molar-refractivity contribution in [2.45, 2.75) is 25.7 Å². The molecule has 1 aromatic heterocycles. The molecular formula is C11H16N2O4. The van der Waals surface area contributed by atoms with E-state index >= 15 is 0 Å². The predicted octanol–water partition coefficient (Wildman–Crippen LogP) is 0.437. The Morgan fingerprint density at radius 3 is 3.12 bits per heavy atom. The SMILES string of the molecule is COC(=O)[C@H]1CN(Cc2ccon2)C[C@@H](C)O1.